The van der Waals surface area contributed by atoms with Gasteiger partial charge in [-0.1, -0.05) is 12.1 Å². The summed E-state index contributed by atoms with van der Waals surface area (Å²) in [6, 6.07) is 10.7. The Hall–Kier alpha value is -1.25. The average Bonchev–Trinajstić information content (AvgIpc) is 3.20. The zero-order valence-corrected chi connectivity index (χ0v) is 22.2. The summed E-state index contributed by atoms with van der Waals surface area (Å²) in [6.45, 7) is 5.02. The largest absolute Gasteiger partial charge is 0.492 e. The molecule has 0 N–H and O–H groups in total. The molecule has 0 unspecified atom stereocenters. The monoisotopic (exact) mass is 564 g/mol. The fourth-order valence-electron chi connectivity index (χ4n) is 4.44. The molecule has 0 amide bonds. The van der Waals surface area contributed by atoms with Crippen molar-refractivity contribution in [3.8, 4) is 17.2 Å². The van der Waals surface area contributed by atoms with E-state index in [1.54, 1.807) is 12.1 Å². The maximum absolute atomic E-state index is 13.5. The van der Waals surface area contributed by atoms with Gasteiger partial charge in [0.1, 0.15) is 11.6 Å². The maximum Gasteiger partial charge on any atom is 0.231 e. The van der Waals surface area contributed by atoms with Crippen LogP contribution in [-0.2, 0) is 0 Å². The Kier molecular flexibility index (Phi) is 11.0. The third-order valence-corrected chi connectivity index (χ3v) is 6.70. The lowest BCUT2D eigenvalue weighted by Gasteiger charge is -2.39. The fourth-order valence-corrected chi connectivity index (χ4v) is 4.88. The lowest BCUT2D eigenvalue weighted by molar-refractivity contribution is 0.108. The normalized spacial score (nSPS) is 19.7. The van der Waals surface area contributed by atoms with Gasteiger partial charge in [-0.05, 0) is 86.1 Å². The van der Waals surface area contributed by atoms with Crippen LogP contribution in [0, 0.1) is 11.7 Å². The van der Waals surface area contributed by atoms with Gasteiger partial charge in [-0.25, -0.2) is 4.39 Å². The van der Waals surface area contributed by atoms with Crippen LogP contribution in [0.3, 0.4) is 0 Å². The van der Waals surface area contributed by atoms with Crippen molar-refractivity contribution in [1.82, 2.24) is 9.80 Å². The van der Waals surface area contributed by atoms with E-state index in [1.165, 1.54) is 5.56 Å². The molecule has 33 heavy (non-hydrogen) atoms. The molecule has 0 aromatic heterocycles. The van der Waals surface area contributed by atoms with Crippen molar-refractivity contribution in [3.05, 3.63) is 52.3 Å². The number of hydrogen-bond acceptors (Lipinski definition) is 5. The van der Waals surface area contributed by atoms with E-state index in [2.05, 4.69) is 39.8 Å². The van der Waals surface area contributed by atoms with Crippen LogP contribution in [0.2, 0.25) is 0 Å². The molecule has 2 aliphatic heterocycles. The molecule has 184 valence electrons. The van der Waals surface area contributed by atoms with Crippen LogP contribution in [-0.4, -0.2) is 63.5 Å². The smallest absolute Gasteiger partial charge is 0.231 e. The first-order valence-electron chi connectivity index (χ1n) is 10.8. The first-order valence-corrected chi connectivity index (χ1v) is 11.6. The maximum atomic E-state index is 13.5. The summed E-state index contributed by atoms with van der Waals surface area (Å²) in [5, 5.41) is 0. The van der Waals surface area contributed by atoms with Crippen LogP contribution in [0.4, 0.5) is 4.39 Å². The van der Waals surface area contributed by atoms with E-state index in [0.717, 1.165) is 55.0 Å². The third kappa shape index (κ3) is 7.36. The first kappa shape index (κ1) is 28.0. The second-order valence-electron chi connectivity index (χ2n) is 8.61. The Bertz CT molecular complexity index is 889. The molecule has 1 saturated heterocycles. The number of benzene rings is 2. The molecule has 4 rings (SSSR count). The summed E-state index contributed by atoms with van der Waals surface area (Å²) in [4.78, 5) is 4.76. The van der Waals surface area contributed by atoms with Crippen LogP contribution in [0.5, 0.6) is 17.2 Å². The van der Waals surface area contributed by atoms with Crippen molar-refractivity contribution in [3.63, 3.8) is 0 Å². The molecular weight excluding hydrogens is 534 g/mol. The zero-order valence-electron chi connectivity index (χ0n) is 19.0. The number of halogens is 4. The summed E-state index contributed by atoms with van der Waals surface area (Å²) >= 11 is 3.59. The number of rotatable bonds is 8. The number of ether oxygens (including phenoxy) is 3. The molecule has 9 heteroatoms. The third-order valence-electron chi connectivity index (χ3n) is 6.08. The molecule has 2 aromatic rings. The Balaban J connectivity index is 0.00000193. The highest BCUT2D eigenvalue weighted by Crippen LogP contribution is 2.41. The van der Waals surface area contributed by atoms with Gasteiger partial charge in [0.25, 0.3) is 0 Å². The van der Waals surface area contributed by atoms with Crippen LogP contribution >= 0.6 is 40.7 Å². The second kappa shape index (κ2) is 13.0. The summed E-state index contributed by atoms with van der Waals surface area (Å²) in [7, 11) is 4.22. The van der Waals surface area contributed by atoms with Gasteiger partial charge in [0.2, 0.25) is 6.79 Å². The Labute approximate surface area is 216 Å². The Morgan fingerprint density at radius 2 is 1.82 bits per heavy atom. The zero-order chi connectivity index (χ0) is 21.8. The first-order chi connectivity index (χ1) is 15.0. The van der Waals surface area contributed by atoms with Gasteiger partial charge in [0.05, 0.1) is 11.1 Å². The standard InChI is InChI=1S/C24H30BrFN2O3.2ClH/c1-27(2)9-3-10-28-11-8-20(17-4-6-19(26)7-5-17)18(14-28)15-29-22-13-24-23(12-21(22)25)30-16-31-24;;/h4-7,12-13,18,20H,3,8-11,14-16H2,1-2H3;2*1H/t18-,20-;;/m0../s1. The molecule has 1 fully saturated rings. The van der Waals surface area contributed by atoms with Crippen molar-refractivity contribution >= 4 is 40.7 Å². The van der Waals surface area contributed by atoms with Crippen LogP contribution < -0.4 is 14.2 Å². The molecule has 2 aromatic carbocycles. The van der Waals surface area contributed by atoms with E-state index < -0.39 is 0 Å². The Morgan fingerprint density at radius 1 is 1.12 bits per heavy atom. The highest BCUT2D eigenvalue weighted by atomic mass is 79.9. The van der Waals surface area contributed by atoms with E-state index in [-0.39, 0.29) is 37.4 Å². The molecule has 0 saturated carbocycles. The fraction of sp³-hybridized carbons (Fsp3) is 0.500. The van der Waals surface area contributed by atoms with Crippen molar-refractivity contribution in [2.24, 2.45) is 5.92 Å². The number of fused-ring (bicyclic) bond motifs is 1. The van der Waals surface area contributed by atoms with Crippen LogP contribution in [0.1, 0.15) is 24.3 Å². The van der Waals surface area contributed by atoms with E-state index in [1.807, 2.05) is 24.3 Å². The van der Waals surface area contributed by atoms with Gasteiger partial charge in [-0.15, -0.1) is 24.8 Å². The molecule has 5 nitrogen and oxygen atoms in total. The SMILES string of the molecule is CN(C)CCCN1CC[C@@H](c2ccc(F)cc2)[C@H](COc2cc3c(cc2Br)OCO3)C1.Cl.Cl. The summed E-state index contributed by atoms with van der Waals surface area (Å²) in [5.41, 5.74) is 1.19. The van der Waals surface area contributed by atoms with Gasteiger partial charge >= 0.3 is 0 Å². The van der Waals surface area contributed by atoms with Crippen LogP contribution in [0.15, 0.2) is 40.9 Å². The van der Waals surface area contributed by atoms with Crippen LogP contribution in [0.25, 0.3) is 0 Å². The van der Waals surface area contributed by atoms with Gasteiger partial charge in [0.15, 0.2) is 11.5 Å². The van der Waals surface area contributed by atoms with Crippen molar-refractivity contribution in [2.75, 3.05) is 53.7 Å². The molecule has 0 bridgehead atoms. The van der Waals surface area contributed by atoms with Gasteiger partial charge in [-0.2, -0.15) is 0 Å². The number of hydrogen-bond donors (Lipinski definition) is 0. The highest BCUT2D eigenvalue weighted by molar-refractivity contribution is 9.10. The predicted molar refractivity (Wildman–Crippen MR) is 137 cm³/mol. The minimum atomic E-state index is -0.193. The highest BCUT2D eigenvalue weighted by Gasteiger charge is 2.31. The minimum absolute atomic E-state index is 0. The number of nitrogens with zero attached hydrogens (tertiary/aromatic N) is 2. The molecule has 2 atom stereocenters. The molecule has 0 aliphatic carbocycles. The van der Waals surface area contributed by atoms with Gasteiger partial charge in [0, 0.05) is 24.6 Å². The van der Waals surface area contributed by atoms with Gasteiger partial charge in [-0.3, -0.25) is 0 Å². The molecule has 0 radical (unpaired) electrons. The lowest BCUT2D eigenvalue weighted by Crippen LogP contribution is -2.42. The molecule has 0 spiro atoms. The van der Waals surface area contributed by atoms with Crippen molar-refractivity contribution in [2.45, 2.75) is 18.8 Å². The molecule has 2 aliphatic rings. The van der Waals surface area contributed by atoms with Crippen molar-refractivity contribution in [1.29, 1.82) is 0 Å². The summed E-state index contributed by atoms with van der Waals surface area (Å²) < 4.78 is 31.5. The van der Waals surface area contributed by atoms with E-state index in [4.69, 9.17) is 14.2 Å². The number of likely N-dealkylation sites (tertiary alicyclic amines) is 1. The second-order valence-corrected chi connectivity index (χ2v) is 9.47. The summed E-state index contributed by atoms with van der Waals surface area (Å²) in [6.07, 6.45) is 2.19. The van der Waals surface area contributed by atoms with E-state index in [9.17, 15) is 4.39 Å². The average molecular weight is 566 g/mol. The Morgan fingerprint density at radius 3 is 2.52 bits per heavy atom. The van der Waals surface area contributed by atoms with Crippen molar-refractivity contribution < 1.29 is 18.6 Å². The predicted octanol–water partition coefficient (Wildman–Crippen LogP) is 5.60. The molecule has 2 heterocycles. The van der Waals surface area contributed by atoms with E-state index in [0.29, 0.717) is 24.2 Å². The minimum Gasteiger partial charge on any atom is -0.492 e. The summed E-state index contributed by atoms with van der Waals surface area (Å²) in [5.74, 6) is 2.67. The van der Waals surface area contributed by atoms with Gasteiger partial charge < -0.3 is 24.0 Å². The van der Waals surface area contributed by atoms with E-state index >= 15 is 0 Å². The lowest BCUT2D eigenvalue weighted by atomic mass is 9.80. The molecular formula is C24H32BrCl2FN2O3. The quantitative estimate of drug-likeness (QED) is 0.416. The number of piperidine rings is 1. The topological polar surface area (TPSA) is 34.2 Å².